The maximum absolute atomic E-state index is 5.36. The lowest BCUT2D eigenvalue weighted by molar-refractivity contribution is 0.412. The van der Waals surface area contributed by atoms with E-state index in [1.807, 2.05) is 11.6 Å². The molecule has 0 aliphatic heterocycles. The van der Waals surface area contributed by atoms with Gasteiger partial charge in [-0.25, -0.2) is 4.98 Å². The number of nitrogens with one attached hydrogen (secondary N) is 1. The lowest BCUT2D eigenvalue weighted by Gasteiger charge is -2.25. The molecule has 2 aromatic heterocycles. The summed E-state index contributed by atoms with van der Waals surface area (Å²) in [7, 11) is 0. The topological polar surface area (TPSA) is 46.5 Å². The van der Waals surface area contributed by atoms with E-state index in [4.69, 9.17) is 12.2 Å². The van der Waals surface area contributed by atoms with Gasteiger partial charge in [0.25, 0.3) is 0 Å². The van der Waals surface area contributed by atoms with Crippen molar-refractivity contribution in [2.24, 2.45) is 0 Å². The molecule has 1 saturated carbocycles. The van der Waals surface area contributed by atoms with Gasteiger partial charge in [-0.15, -0.1) is 11.3 Å². The molecule has 3 rings (SSSR count). The minimum absolute atomic E-state index is 0.226. The Kier molecular flexibility index (Phi) is 2.45. The smallest absolute Gasteiger partial charge is 0.196 e. The zero-order chi connectivity index (χ0) is 12.0. The van der Waals surface area contributed by atoms with Crippen LogP contribution in [0.15, 0.2) is 11.6 Å². The molecule has 0 aromatic carbocycles. The van der Waals surface area contributed by atoms with Gasteiger partial charge in [-0.3, -0.25) is 9.67 Å². The predicted octanol–water partition coefficient (Wildman–Crippen LogP) is 3.06. The lowest BCUT2D eigenvalue weighted by Crippen LogP contribution is -2.29. The summed E-state index contributed by atoms with van der Waals surface area (Å²) in [4.78, 5) is 4.42. The molecule has 0 amide bonds. The Hall–Kier alpha value is -1.01. The summed E-state index contributed by atoms with van der Waals surface area (Å²) >= 11 is 7.02. The van der Waals surface area contributed by atoms with Crippen LogP contribution in [-0.4, -0.2) is 19.7 Å². The highest BCUT2D eigenvalue weighted by atomic mass is 32.1. The molecule has 6 heteroatoms. The molecule has 0 bridgehead atoms. The van der Waals surface area contributed by atoms with Crippen LogP contribution in [0.5, 0.6) is 0 Å². The fourth-order valence-electron chi connectivity index (χ4n) is 2.09. The van der Waals surface area contributed by atoms with Gasteiger partial charge >= 0.3 is 0 Å². The van der Waals surface area contributed by atoms with Crippen molar-refractivity contribution in [2.75, 3.05) is 0 Å². The minimum Gasteiger partial charge on any atom is -0.292 e. The monoisotopic (exact) mass is 266 g/mol. The van der Waals surface area contributed by atoms with Crippen LogP contribution in [0.1, 0.15) is 43.4 Å². The third-order valence-electron chi connectivity index (χ3n) is 3.16. The molecule has 4 nitrogen and oxygen atoms in total. The molecule has 0 saturated heterocycles. The third-order valence-corrected chi connectivity index (χ3v) is 4.52. The zero-order valence-electron chi connectivity index (χ0n) is 9.80. The largest absolute Gasteiger partial charge is 0.292 e. The molecule has 0 radical (unpaired) electrons. The lowest BCUT2D eigenvalue weighted by atomic mass is 10.1. The second kappa shape index (κ2) is 3.74. The fraction of sp³-hybridized carbons (Fsp3) is 0.545. The van der Waals surface area contributed by atoms with Gasteiger partial charge in [0.1, 0.15) is 10.8 Å². The summed E-state index contributed by atoms with van der Waals surface area (Å²) in [5.41, 5.74) is -0.226. The number of hydrogen-bond donors (Lipinski definition) is 1. The predicted molar refractivity (Wildman–Crippen MR) is 69.9 cm³/mol. The van der Waals surface area contributed by atoms with Gasteiger partial charge < -0.3 is 0 Å². The van der Waals surface area contributed by atoms with Gasteiger partial charge in [0.05, 0.1) is 5.54 Å². The van der Waals surface area contributed by atoms with Gasteiger partial charge in [-0.1, -0.05) is 0 Å². The first-order valence-electron chi connectivity index (χ1n) is 5.68. The highest BCUT2D eigenvalue weighted by Crippen LogP contribution is 2.41. The average Bonchev–Trinajstić information content (AvgIpc) is 2.82. The standard InChI is InChI=1S/C11H14N4S2/c1-11(2,9-12-5-6-17-9)15-8(7-3-4-7)13-14-10(15)16/h5-7H,3-4H2,1-2H3,(H,14,16). The second-order valence-electron chi connectivity index (χ2n) is 4.89. The van der Waals surface area contributed by atoms with E-state index >= 15 is 0 Å². The maximum atomic E-state index is 5.36. The van der Waals surface area contributed by atoms with Crippen molar-refractivity contribution < 1.29 is 0 Å². The van der Waals surface area contributed by atoms with Crippen molar-refractivity contribution >= 4 is 23.6 Å². The maximum Gasteiger partial charge on any atom is 0.196 e. The molecule has 1 aliphatic rings. The highest BCUT2D eigenvalue weighted by molar-refractivity contribution is 7.71. The second-order valence-corrected chi connectivity index (χ2v) is 6.17. The van der Waals surface area contributed by atoms with Crippen LogP contribution >= 0.6 is 23.6 Å². The SMILES string of the molecule is CC(C)(c1nccs1)n1c(C2CC2)n[nH]c1=S. The molecular weight excluding hydrogens is 252 g/mol. The van der Waals surface area contributed by atoms with Crippen molar-refractivity contribution in [3.05, 3.63) is 27.2 Å². The van der Waals surface area contributed by atoms with E-state index in [1.165, 1.54) is 12.8 Å². The molecule has 2 aromatic rings. The summed E-state index contributed by atoms with van der Waals surface area (Å²) in [5, 5.41) is 10.4. The van der Waals surface area contributed by atoms with Crippen LogP contribution in [0.25, 0.3) is 0 Å². The van der Waals surface area contributed by atoms with Crippen molar-refractivity contribution in [3.8, 4) is 0 Å². The third kappa shape index (κ3) is 1.75. The number of nitrogens with zero attached hydrogens (tertiary/aromatic N) is 3. The van der Waals surface area contributed by atoms with Crippen LogP contribution in [0.4, 0.5) is 0 Å². The summed E-state index contributed by atoms with van der Waals surface area (Å²) in [6.07, 6.45) is 4.27. The normalized spacial score (nSPS) is 16.4. The van der Waals surface area contributed by atoms with Crippen molar-refractivity contribution in [2.45, 2.75) is 38.1 Å². The number of hydrogen-bond acceptors (Lipinski definition) is 4. The average molecular weight is 266 g/mol. The Balaban J connectivity index is 2.14. The first kappa shape index (κ1) is 11.1. The molecule has 0 atom stereocenters. The number of aromatic amines is 1. The zero-order valence-corrected chi connectivity index (χ0v) is 11.4. The van der Waals surface area contributed by atoms with Gasteiger partial charge in [-0.05, 0) is 38.9 Å². The molecule has 0 unspecified atom stereocenters. The Morgan fingerprint density at radius 3 is 2.88 bits per heavy atom. The first-order valence-corrected chi connectivity index (χ1v) is 6.97. The van der Waals surface area contributed by atoms with E-state index in [0.29, 0.717) is 10.7 Å². The molecule has 90 valence electrons. The summed E-state index contributed by atoms with van der Waals surface area (Å²) in [5.74, 6) is 1.65. The Labute approximate surface area is 109 Å². The minimum atomic E-state index is -0.226. The van der Waals surface area contributed by atoms with Crippen molar-refractivity contribution in [1.29, 1.82) is 0 Å². The quantitative estimate of drug-likeness (QED) is 0.869. The van der Waals surface area contributed by atoms with Crippen LogP contribution < -0.4 is 0 Å². The molecule has 2 heterocycles. The van der Waals surface area contributed by atoms with E-state index in [0.717, 1.165) is 10.8 Å². The van der Waals surface area contributed by atoms with Gasteiger partial charge in [-0.2, -0.15) is 5.10 Å². The molecule has 1 aliphatic carbocycles. The summed E-state index contributed by atoms with van der Waals surface area (Å²) < 4.78 is 2.81. The molecule has 1 fully saturated rings. The Morgan fingerprint density at radius 1 is 1.53 bits per heavy atom. The highest BCUT2D eigenvalue weighted by Gasteiger charge is 2.35. The van der Waals surface area contributed by atoms with Gasteiger partial charge in [0, 0.05) is 17.5 Å². The first-order chi connectivity index (χ1) is 8.10. The van der Waals surface area contributed by atoms with Gasteiger partial charge in [0.15, 0.2) is 4.77 Å². The Bertz CT molecular complexity index is 575. The number of H-pyrrole nitrogens is 1. The van der Waals surface area contributed by atoms with E-state index in [2.05, 4.69) is 33.6 Å². The van der Waals surface area contributed by atoms with E-state index in [9.17, 15) is 0 Å². The van der Waals surface area contributed by atoms with Gasteiger partial charge in [0.2, 0.25) is 0 Å². The van der Waals surface area contributed by atoms with Crippen molar-refractivity contribution in [1.82, 2.24) is 19.7 Å². The van der Waals surface area contributed by atoms with Crippen LogP contribution in [-0.2, 0) is 5.54 Å². The molecule has 0 spiro atoms. The van der Waals surface area contributed by atoms with Crippen molar-refractivity contribution in [3.63, 3.8) is 0 Å². The van der Waals surface area contributed by atoms with Crippen LogP contribution in [0.3, 0.4) is 0 Å². The summed E-state index contributed by atoms with van der Waals surface area (Å²) in [6, 6.07) is 0. The Morgan fingerprint density at radius 2 is 2.29 bits per heavy atom. The van der Waals surface area contributed by atoms with E-state index < -0.39 is 0 Å². The molecule has 17 heavy (non-hydrogen) atoms. The number of thiazole rings is 1. The molecular formula is C11H14N4S2. The van der Waals surface area contributed by atoms with E-state index in [-0.39, 0.29) is 5.54 Å². The molecule has 1 N–H and O–H groups in total. The summed E-state index contributed by atoms with van der Waals surface area (Å²) in [6.45, 7) is 4.28. The number of rotatable bonds is 3. The van der Waals surface area contributed by atoms with Crippen LogP contribution in [0.2, 0.25) is 0 Å². The van der Waals surface area contributed by atoms with Crippen LogP contribution in [0, 0.1) is 4.77 Å². The fourth-order valence-corrected chi connectivity index (χ4v) is 3.21. The van der Waals surface area contributed by atoms with E-state index in [1.54, 1.807) is 11.3 Å². The number of aromatic nitrogens is 4.